The molecule has 0 amide bonds. The molecule has 2 N–H and O–H groups in total. The standard InChI is InChI=1S/C18H24O5/c1-11(2)9-10-17(21)14-8-6-5-7-13(14)15(19)12(3)18(17,22)16(20)23-4/h5-8,11-12,21-22H,9-10H2,1-4H3/t12-,17+,18-/m0/s1. The summed E-state index contributed by atoms with van der Waals surface area (Å²) in [6.07, 6.45) is 0.746. The van der Waals surface area contributed by atoms with E-state index >= 15 is 0 Å². The topological polar surface area (TPSA) is 83.8 Å². The number of methoxy groups -OCH3 is 1. The van der Waals surface area contributed by atoms with Crippen LogP contribution in [0, 0.1) is 11.8 Å². The van der Waals surface area contributed by atoms with Gasteiger partial charge in [0.25, 0.3) is 0 Å². The van der Waals surface area contributed by atoms with Crippen molar-refractivity contribution in [2.75, 3.05) is 7.11 Å². The van der Waals surface area contributed by atoms with Crippen LogP contribution in [0.4, 0.5) is 0 Å². The highest BCUT2D eigenvalue weighted by Crippen LogP contribution is 2.49. The van der Waals surface area contributed by atoms with Gasteiger partial charge in [-0.25, -0.2) is 4.79 Å². The van der Waals surface area contributed by atoms with Crippen LogP contribution in [0.5, 0.6) is 0 Å². The zero-order valence-corrected chi connectivity index (χ0v) is 14.0. The summed E-state index contributed by atoms with van der Waals surface area (Å²) in [6, 6.07) is 6.59. The van der Waals surface area contributed by atoms with Crippen LogP contribution in [0.2, 0.25) is 0 Å². The first kappa shape index (κ1) is 17.6. The van der Waals surface area contributed by atoms with Gasteiger partial charge in [-0.2, -0.15) is 0 Å². The van der Waals surface area contributed by atoms with Gasteiger partial charge in [0.2, 0.25) is 5.60 Å². The summed E-state index contributed by atoms with van der Waals surface area (Å²) >= 11 is 0. The van der Waals surface area contributed by atoms with Gasteiger partial charge in [-0.15, -0.1) is 0 Å². The molecule has 0 aliphatic heterocycles. The van der Waals surface area contributed by atoms with Gasteiger partial charge in [0.05, 0.1) is 13.0 Å². The van der Waals surface area contributed by atoms with Crippen LogP contribution in [0.25, 0.3) is 0 Å². The van der Waals surface area contributed by atoms with E-state index < -0.39 is 23.1 Å². The van der Waals surface area contributed by atoms with Gasteiger partial charge in [-0.05, 0) is 24.3 Å². The Morgan fingerprint density at radius 2 is 1.91 bits per heavy atom. The molecule has 0 bridgehead atoms. The van der Waals surface area contributed by atoms with E-state index in [1.807, 2.05) is 13.8 Å². The third-order valence-corrected chi connectivity index (χ3v) is 4.87. The van der Waals surface area contributed by atoms with Crippen LogP contribution in [0.3, 0.4) is 0 Å². The molecule has 1 aromatic rings. The lowest BCUT2D eigenvalue weighted by Crippen LogP contribution is -2.66. The van der Waals surface area contributed by atoms with Crippen molar-refractivity contribution in [3.8, 4) is 0 Å². The Balaban J connectivity index is 2.69. The van der Waals surface area contributed by atoms with Gasteiger partial charge < -0.3 is 14.9 Å². The largest absolute Gasteiger partial charge is 0.467 e. The van der Waals surface area contributed by atoms with Crippen molar-refractivity contribution in [2.45, 2.75) is 44.8 Å². The monoisotopic (exact) mass is 320 g/mol. The molecule has 0 spiro atoms. The van der Waals surface area contributed by atoms with Crippen molar-refractivity contribution in [3.63, 3.8) is 0 Å². The minimum atomic E-state index is -2.30. The molecule has 0 saturated carbocycles. The number of ether oxygens (including phenoxy) is 1. The molecule has 126 valence electrons. The number of esters is 1. The van der Waals surface area contributed by atoms with E-state index in [0.717, 1.165) is 7.11 Å². The average molecular weight is 320 g/mol. The summed E-state index contributed by atoms with van der Waals surface area (Å²) in [4.78, 5) is 24.9. The third-order valence-electron chi connectivity index (χ3n) is 4.87. The number of benzene rings is 1. The van der Waals surface area contributed by atoms with E-state index in [0.29, 0.717) is 12.0 Å². The maximum absolute atomic E-state index is 12.6. The van der Waals surface area contributed by atoms with Gasteiger partial charge in [0.1, 0.15) is 5.60 Å². The van der Waals surface area contributed by atoms with Crippen LogP contribution in [0.15, 0.2) is 24.3 Å². The zero-order chi connectivity index (χ0) is 17.4. The molecule has 1 aliphatic carbocycles. The third kappa shape index (κ3) is 2.48. The molecule has 23 heavy (non-hydrogen) atoms. The maximum Gasteiger partial charge on any atom is 0.342 e. The van der Waals surface area contributed by atoms with Crippen LogP contribution < -0.4 is 0 Å². The van der Waals surface area contributed by atoms with Gasteiger partial charge in [-0.1, -0.05) is 45.0 Å². The summed E-state index contributed by atoms with van der Waals surface area (Å²) in [5, 5.41) is 22.5. The highest BCUT2D eigenvalue weighted by atomic mass is 16.5. The van der Waals surface area contributed by atoms with Crippen LogP contribution in [-0.2, 0) is 15.1 Å². The molecule has 1 aliphatic rings. The lowest BCUT2D eigenvalue weighted by molar-refractivity contribution is -0.213. The summed E-state index contributed by atoms with van der Waals surface area (Å²) in [7, 11) is 1.14. The van der Waals surface area contributed by atoms with Crippen LogP contribution in [-0.4, -0.2) is 34.7 Å². The van der Waals surface area contributed by atoms with Gasteiger partial charge in [-0.3, -0.25) is 4.79 Å². The van der Waals surface area contributed by atoms with E-state index in [-0.39, 0.29) is 23.7 Å². The number of carbonyl (C=O) groups excluding carboxylic acids is 2. The molecule has 0 heterocycles. The molecular weight excluding hydrogens is 296 g/mol. The van der Waals surface area contributed by atoms with Crippen molar-refractivity contribution in [3.05, 3.63) is 35.4 Å². The van der Waals surface area contributed by atoms with E-state index in [1.54, 1.807) is 24.3 Å². The van der Waals surface area contributed by atoms with Crippen molar-refractivity contribution in [2.24, 2.45) is 11.8 Å². The van der Waals surface area contributed by atoms with Gasteiger partial charge >= 0.3 is 5.97 Å². The first-order valence-electron chi connectivity index (χ1n) is 7.87. The minimum Gasteiger partial charge on any atom is -0.467 e. The summed E-state index contributed by atoms with van der Waals surface area (Å²) in [5.41, 5.74) is -3.53. The fraction of sp³-hybridized carbons (Fsp3) is 0.556. The number of hydrogen-bond acceptors (Lipinski definition) is 5. The number of fused-ring (bicyclic) bond motifs is 1. The fourth-order valence-corrected chi connectivity index (χ4v) is 3.37. The van der Waals surface area contributed by atoms with Crippen molar-refractivity contribution in [1.29, 1.82) is 0 Å². The molecule has 1 aromatic carbocycles. The van der Waals surface area contributed by atoms with E-state index in [9.17, 15) is 19.8 Å². The highest BCUT2D eigenvalue weighted by molar-refractivity contribution is 6.05. The van der Waals surface area contributed by atoms with E-state index in [2.05, 4.69) is 0 Å². The molecule has 0 saturated heterocycles. The molecule has 0 radical (unpaired) electrons. The van der Waals surface area contributed by atoms with Crippen molar-refractivity contribution >= 4 is 11.8 Å². The summed E-state index contributed by atoms with van der Waals surface area (Å²) < 4.78 is 4.73. The first-order valence-corrected chi connectivity index (χ1v) is 7.87. The van der Waals surface area contributed by atoms with Crippen LogP contribution >= 0.6 is 0 Å². The normalized spacial score (nSPS) is 30.2. The number of rotatable bonds is 4. The summed E-state index contributed by atoms with van der Waals surface area (Å²) in [5.74, 6) is -2.19. The lowest BCUT2D eigenvalue weighted by atomic mass is 9.61. The second-order valence-corrected chi connectivity index (χ2v) is 6.68. The number of carbonyl (C=O) groups is 2. The Morgan fingerprint density at radius 1 is 1.30 bits per heavy atom. The molecule has 0 fully saturated rings. The Hall–Kier alpha value is -1.72. The first-order chi connectivity index (χ1) is 10.7. The minimum absolute atomic E-state index is 0.158. The zero-order valence-electron chi connectivity index (χ0n) is 14.0. The second kappa shape index (κ2) is 6.06. The van der Waals surface area contributed by atoms with Crippen molar-refractivity contribution in [1.82, 2.24) is 0 Å². The van der Waals surface area contributed by atoms with Gasteiger partial charge in [0.15, 0.2) is 5.78 Å². The average Bonchev–Trinajstić information content (AvgIpc) is 2.55. The van der Waals surface area contributed by atoms with Crippen LogP contribution in [0.1, 0.15) is 49.5 Å². The maximum atomic E-state index is 12.6. The Labute approximate surface area is 136 Å². The second-order valence-electron chi connectivity index (χ2n) is 6.68. The lowest BCUT2D eigenvalue weighted by Gasteiger charge is -2.48. The van der Waals surface area contributed by atoms with E-state index in [1.165, 1.54) is 6.92 Å². The number of hydrogen-bond donors (Lipinski definition) is 2. The predicted molar refractivity (Wildman–Crippen MR) is 84.9 cm³/mol. The SMILES string of the molecule is COC(=O)[C@@]1(O)[C@@H](C)C(=O)c2ccccc2[C@]1(O)CCC(C)C. The van der Waals surface area contributed by atoms with E-state index in [4.69, 9.17) is 4.74 Å². The predicted octanol–water partition coefficient (Wildman–Crippen LogP) is 2.05. The van der Waals surface area contributed by atoms with Gasteiger partial charge in [0, 0.05) is 5.56 Å². The molecule has 3 atom stereocenters. The molecule has 0 aromatic heterocycles. The Kier molecular flexibility index (Phi) is 4.64. The Bertz CT molecular complexity index is 624. The Morgan fingerprint density at radius 3 is 2.48 bits per heavy atom. The van der Waals surface area contributed by atoms with Crippen molar-refractivity contribution < 1.29 is 24.5 Å². The summed E-state index contributed by atoms with van der Waals surface area (Å²) in [6.45, 7) is 5.43. The quantitative estimate of drug-likeness (QED) is 0.830. The molecule has 2 rings (SSSR count). The fourth-order valence-electron chi connectivity index (χ4n) is 3.37. The number of Topliss-reactive ketones (excluding diaryl/α,β-unsaturated/α-hetero) is 1. The molecular formula is C18H24O5. The molecule has 0 unspecified atom stereocenters. The number of ketones is 1. The smallest absolute Gasteiger partial charge is 0.342 e. The molecule has 5 heteroatoms. The molecule has 5 nitrogen and oxygen atoms in total. The number of aliphatic hydroxyl groups is 2. The highest BCUT2D eigenvalue weighted by Gasteiger charge is 2.65.